The number of carbonyl (C=O) groups excluding carboxylic acids is 1. The fraction of sp³-hybridized carbons (Fsp3) is 0.579. The lowest BCUT2D eigenvalue weighted by Crippen LogP contribution is -2.53. The van der Waals surface area contributed by atoms with Crippen LogP contribution in [0, 0.1) is 0 Å². The van der Waals surface area contributed by atoms with Crippen LogP contribution in [-0.4, -0.2) is 74.0 Å². The number of para-hydroxylation sites is 1. The Balaban J connectivity index is 1.48. The molecule has 1 fully saturated rings. The average Bonchev–Trinajstić information content (AvgIpc) is 2.69. The Kier molecular flexibility index (Phi) is 7.48. The van der Waals surface area contributed by atoms with Gasteiger partial charge in [-0.05, 0) is 37.9 Å². The van der Waals surface area contributed by atoms with Crippen molar-refractivity contribution in [2.45, 2.75) is 43.8 Å². The molecule has 29 heavy (non-hydrogen) atoms. The van der Waals surface area contributed by atoms with Gasteiger partial charge in [-0.3, -0.25) is 4.79 Å². The summed E-state index contributed by atoms with van der Waals surface area (Å²) in [6, 6.07) is 5.09. The second kappa shape index (κ2) is 10.1. The van der Waals surface area contributed by atoms with Gasteiger partial charge in [-0.25, -0.2) is 4.79 Å². The minimum absolute atomic E-state index is 0.000172. The summed E-state index contributed by atoms with van der Waals surface area (Å²) in [5.41, 5.74) is 0.643. The van der Waals surface area contributed by atoms with Crippen LogP contribution >= 0.6 is 0 Å². The molecule has 2 heterocycles. The lowest BCUT2D eigenvalue weighted by atomic mass is 9.72. The number of carboxylic acids is 1. The lowest BCUT2D eigenvalue weighted by Gasteiger charge is -2.31. The Morgan fingerprint density at radius 3 is 2.79 bits per heavy atom. The highest BCUT2D eigenvalue weighted by atomic mass is 16.5. The zero-order valence-corrected chi connectivity index (χ0v) is 16.5. The highest BCUT2D eigenvalue weighted by Crippen LogP contribution is 2.30. The van der Waals surface area contributed by atoms with Gasteiger partial charge >= 0.3 is 13.1 Å². The van der Waals surface area contributed by atoms with Gasteiger partial charge in [0.05, 0.1) is 30.6 Å². The van der Waals surface area contributed by atoms with Gasteiger partial charge in [0.15, 0.2) is 0 Å². The molecule has 2 aliphatic heterocycles. The van der Waals surface area contributed by atoms with E-state index in [-0.39, 0.29) is 29.7 Å². The van der Waals surface area contributed by atoms with Crippen LogP contribution in [0.25, 0.3) is 0 Å². The molecule has 0 aliphatic carbocycles. The summed E-state index contributed by atoms with van der Waals surface area (Å²) in [6.07, 6.45) is 2.10. The van der Waals surface area contributed by atoms with E-state index >= 15 is 0 Å². The van der Waals surface area contributed by atoms with E-state index in [1.165, 1.54) is 6.07 Å². The van der Waals surface area contributed by atoms with E-state index in [9.17, 15) is 19.7 Å². The maximum atomic E-state index is 12.4. The van der Waals surface area contributed by atoms with Crippen molar-refractivity contribution < 1.29 is 29.1 Å². The second-order valence-corrected chi connectivity index (χ2v) is 7.48. The number of hydrogen-bond donors (Lipinski definition) is 5. The van der Waals surface area contributed by atoms with E-state index < -0.39 is 19.0 Å². The Hall–Kier alpha value is -2.14. The Bertz CT molecular complexity index is 726. The average molecular weight is 405 g/mol. The van der Waals surface area contributed by atoms with Crippen molar-refractivity contribution in [3.63, 3.8) is 0 Å². The largest absolute Gasteiger partial charge is 0.547 e. The number of ether oxygens (including phenoxy) is 1. The number of nitrogens with one attached hydrogen (secondary N) is 3. The van der Waals surface area contributed by atoms with Gasteiger partial charge in [0.25, 0.3) is 0 Å². The summed E-state index contributed by atoms with van der Waals surface area (Å²) >= 11 is 0. The zero-order valence-electron chi connectivity index (χ0n) is 16.5. The minimum atomic E-state index is -1.31. The molecule has 1 aromatic carbocycles. The number of benzene rings is 1. The van der Waals surface area contributed by atoms with E-state index in [1.54, 1.807) is 12.1 Å². The number of fused-ring (bicyclic) bond motifs is 1. The number of rotatable bonds is 8. The third-order valence-electron chi connectivity index (χ3n) is 5.29. The molecule has 2 unspecified atom stereocenters. The first-order valence-electron chi connectivity index (χ1n) is 9.96. The molecule has 0 bridgehead atoms. The van der Waals surface area contributed by atoms with Crippen molar-refractivity contribution in [1.29, 1.82) is 0 Å². The summed E-state index contributed by atoms with van der Waals surface area (Å²) in [6.45, 7) is 2.34. The number of likely N-dealkylation sites (N-methyl/N-ethyl adjacent to an activating group) is 1. The van der Waals surface area contributed by atoms with Crippen molar-refractivity contribution in [2.24, 2.45) is 0 Å². The number of hydrogen-bond acceptors (Lipinski definition) is 7. The van der Waals surface area contributed by atoms with Crippen LogP contribution in [-0.2, 0) is 16.0 Å². The van der Waals surface area contributed by atoms with Gasteiger partial charge in [0.1, 0.15) is 5.75 Å². The van der Waals surface area contributed by atoms with Gasteiger partial charge in [0.2, 0.25) is 5.91 Å². The summed E-state index contributed by atoms with van der Waals surface area (Å²) < 4.78 is 11.2. The third kappa shape index (κ3) is 5.69. The standard InChI is InChI=1S/C19H28BN3O6/c1-21-7-8-22-13-5-6-14(28-11-13)10-17(24)23-16-9-12-3-2-4-15(19(25)26)18(12)29-20(16)27/h2-4,13-14,16,21-22,27H,5-11H2,1H3,(H,23,24)(H,25,26)/t13?,14?,16-/m0/s1. The first-order chi connectivity index (χ1) is 14.0. The molecule has 2 aliphatic rings. The molecule has 3 rings (SSSR count). The van der Waals surface area contributed by atoms with E-state index in [0.29, 0.717) is 24.6 Å². The highest BCUT2D eigenvalue weighted by molar-refractivity contribution is 6.47. The predicted molar refractivity (Wildman–Crippen MR) is 107 cm³/mol. The predicted octanol–water partition coefficient (Wildman–Crippen LogP) is -0.429. The van der Waals surface area contributed by atoms with Gasteiger partial charge in [-0.1, -0.05) is 12.1 Å². The zero-order chi connectivity index (χ0) is 20.8. The van der Waals surface area contributed by atoms with Gasteiger partial charge in [-0.2, -0.15) is 0 Å². The Labute approximate surface area is 170 Å². The molecule has 0 spiro atoms. The molecule has 158 valence electrons. The minimum Gasteiger partial charge on any atom is -0.534 e. The molecule has 0 aromatic heterocycles. The monoisotopic (exact) mass is 405 g/mol. The van der Waals surface area contributed by atoms with Crippen molar-refractivity contribution in [3.05, 3.63) is 29.3 Å². The first kappa shape index (κ1) is 21.6. The van der Waals surface area contributed by atoms with E-state index in [4.69, 9.17) is 9.39 Å². The Morgan fingerprint density at radius 1 is 1.28 bits per heavy atom. The molecule has 10 heteroatoms. The number of carbonyl (C=O) groups is 2. The van der Waals surface area contributed by atoms with Gasteiger partial charge in [0, 0.05) is 19.1 Å². The molecule has 3 atom stereocenters. The van der Waals surface area contributed by atoms with E-state index in [0.717, 1.165) is 25.9 Å². The molecule has 1 amide bonds. The summed E-state index contributed by atoms with van der Waals surface area (Å²) in [7, 11) is 0.603. The molecular formula is C19H28BN3O6. The molecule has 0 radical (unpaired) electrons. The third-order valence-corrected chi connectivity index (χ3v) is 5.29. The van der Waals surface area contributed by atoms with Crippen molar-refractivity contribution in [2.75, 3.05) is 26.7 Å². The maximum Gasteiger partial charge on any atom is 0.547 e. The van der Waals surface area contributed by atoms with Gasteiger partial charge < -0.3 is 35.5 Å². The quantitative estimate of drug-likeness (QED) is 0.291. The van der Waals surface area contributed by atoms with Crippen LogP contribution in [0.15, 0.2) is 18.2 Å². The molecule has 9 nitrogen and oxygen atoms in total. The van der Waals surface area contributed by atoms with Crippen LogP contribution < -0.4 is 20.6 Å². The number of carboxylic acid groups (broad SMARTS) is 1. The molecule has 5 N–H and O–H groups in total. The molecular weight excluding hydrogens is 377 g/mol. The molecule has 1 saturated heterocycles. The van der Waals surface area contributed by atoms with Crippen LogP contribution in [0.4, 0.5) is 0 Å². The maximum absolute atomic E-state index is 12.4. The highest BCUT2D eigenvalue weighted by Gasteiger charge is 2.38. The smallest absolute Gasteiger partial charge is 0.534 e. The number of amides is 1. The van der Waals surface area contributed by atoms with Gasteiger partial charge in [-0.15, -0.1) is 0 Å². The van der Waals surface area contributed by atoms with E-state index in [2.05, 4.69) is 16.0 Å². The van der Waals surface area contributed by atoms with Crippen molar-refractivity contribution >= 4 is 19.0 Å². The van der Waals surface area contributed by atoms with Crippen LogP contribution in [0.5, 0.6) is 5.75 Å². The lowest BCUT2D eigenvalue weighted by molar-refractivity contribution is -0.125. The van der Waals surface area contributed by atoms with Crippen molar-refractivity contribution in [3.8, 4) is 5.75 Å². The topological polar surface area (TPSA) is 129 Å². The fourth-order valence-electron chi connectivity index (χ4n) is 3.72. The second-order valence-electron chi connectivity index (χ2n) is 7.48. The fourth-order valence-corrected chi connectivity index (χ4v) is 3.72. The van der Waals surface area contributed by atoms with Crippen molar-refractivity contribution in [1.82, 2.24) is 16.0 Å². The molecule has 1 aromatic rings. The summed E-state index contributed by atoms with van der Waals surface area (Å²) in [5, 5.41) is 28.8. The van der Waals surface area contributed by atoms with E-state index in [1.807, 2.05) is 7.05 Å². The summed E-state index contributed by atoms with van der Waals surface area (Å²) in [4.78, 5) is 23.7. The molecule has 0 saturated carbocycles. The van der Waals surface area contributed by atoms with Crippen LogP contribution in [0.1, 0.15) is 35.2 Å². The first-order valence-corrected chi connectivity index (χ1v) is 9.96. The van der Waals surface area contributed by atoms with Crippen LogP contribution in [0.3, 0.4) is 0 Å². The Morgan fingerprint density at radius 2 is 2.10 bits per heavy atom. The normalized spacial score (nSPS) is 23.8. The SMILES string of the molecule is CNCCNC1CCC(CC(=O)N[C@H]2Cc3cccc(C(=O)O)c3OB2O)OC1. The number of aromatic carboxylic acids is 1. The summed E-state index contributed by atoms with van der Waals surface area (Å²) in [5.74, 6) is -1.82. The van der Waals surface area contributed by atoms with Crippen LogP contribution in [0.2, 0.25) is 0 Å².